The van der Waals surface area contributed by atoms with E-state index in [0.717, 1.165) is 76.0 Å². The number of rotatable bonds is 38. The molecule has 0 spiro atoms. The van der Waals surface area contributed by atoms with Gasteiger partial charge in [-0.3, -0.25) is 78.3 Å². The van der Waals surface area contributed by atoms with Gasteiger partial charge < -0.3 is 87.8 Å². The van der Waals surface area contributed by atoms with Gasteiger partial charge >= 0.3 is 5.97 Å². The summed E-state index contributed by atoms with van der Waals surface area (Å²) in [6.45, 7) is 17.2. The summed E-state index contributed by atoms with van der Waals surface area (Å²) in [5.74, 6) is 3.19. The van der Waals surface area contributed by atoms with Crippen LogP contribution < -0.4 is 50.6 Å². The van der Waals surface area contributed by atoms with Crippen LogP contribution >= 0.6 is 0 Å². The summed E-state index contributed by atoms with van der Waals surface area (Å²) in [7, 11) is 4.18. The number of fused-ring (bicyclic) bond motifs is 14. The minimum atomic E-state index is -1.01. The Labute approximate surface area is 816 Å². The number of benzene rings is 4. The maximum absolute atomic E-state index is 13.4. The van der Waals surface area contributed by atoms with E-state index in [0.29, 0.717) is 170 Å². The second kappa shape index (κ2) is 46.1. The molecule has 6 unspecified atom stereocenters. The summed E-state index contributed by atoms with van der Waals surface area (Å²) < 4.78 is 44.0. The lowest BCUT2D eigenvalue weighted by molar-refractivity contribution is -0.141. The van der Waals surface area contributed by atoms with Crippen LogP contribution in [0, 0.1) is 69.0 Å². The average molecular weight is 1990 g/mol. The quantitative estimate of drug-likeness (QED) is 0.0119. The number of carbonyl (C=O) groups is 10. The first-order valence-electron chi connectivity index (χ1n) is 50.0. The number of pyridine rings is 2. The SMILES string of the molecule is CN(C(=O)CCOCCOCCOCCOCCNc1cccc2c1C(=O)N(C1CCC(=O)NC1=O)C2=O)[C@H]1CC[C@]2(C)C3CC[C@]4(C)[C@@H](c5ccc6ccncc6c5)CC[C@H]4C3CC[C@H]2C1.CN[C@H]1CC[C@]2(C)C3CC[C@]4(C)[C@@H](c5ccc6ccncc6c5)CC[C@H]4C3CC[C@H]2C1.O=C(O)CCOCCOCCOCCOCCNc1cccc2c1C(=O)N(C1CCC(=O)NC1=O)C2=O.[I-]. The van der Waals surface area contributed by atoms with Crippen LogP contribution in [-0.4, -0.2) is 246 Å². The number of aromatic nitrogens is 2. The molecule has 30 heteroatoms. The van der Waals surface area contributed by atoms with E-state index in [2.05, 4.69) is 120 Å². The van der Waals surface area contributed by atoms with E-state index in [1.54, 1.807) is 35.9 Å². The average Bonchev–Trinajstić information content (AvgIpc) is 1.40. The Balaban J connectivity index is 0.000000171. The predicted molar refractivity (Wildman–Crippen MR) is 508 cm³/mol. The highest BCUT2D eigenvalue weighted by Gasteiger charge is 2.63. The van der Waals surface area contributed by atoms with Gasteiger partial charge in [-0.2, -0.15) is 0 Å². The van der Waals surface area contributed by atoms with Gasteiger partial charge in [-0.15, -0.1) is 0 Å². The molecular weight excluding hydrogens is 1840 g/mol. The van der Waals surface area contributed by atoms with Crippen molar-refractivity contribution in [2.75, 3.05) is 144 Å². The Morgan fingerprint density at radius 3 is 1.28 bits per heavy atom. The number of ether oxygens (including phenoxy) is 8. The maximum atomic E-state index is 13.4. The van der Waals surface area contributed by atoms with E-state index in [1.807, 2.05) is 36.7 Å². The fourth-order valence-electron chi connectivity index (χ4n) is 26.9. The van der Waals surface area contributed by atoms with Crippen molar-refractivity contribution in [2.45, 2.75) is 218 Å². The Morgan fingerprint density at radius 1 is 0.441 bits per heavy atom. The molecule has 4 aliphatic heterocycles. The molecule has 2 saturated heterocycles. The molecule has 6 heterocycles. The molecule has 29 nitrogen and oxygen atoms in total. The molecule has 10 fully saturated rings. The van der Waals surface area contributed by atoms with Crippen molar-refractivity contribution in [1.29, 1.82) is 0 Å². The number of anilines is 2. The Morgan fingerprint density at radius 2 is 0.846 bits per heavy atom. The molecule has 0 radical (unpaired) electrons. The van der Waals surface area contributed by atoms with Crippen LogP contribution in [0.4, 0.5) is 11.4 Å². The predicted octanol–water partition coefficient (Wildman–Crippen LogP) is 11.2. The van der Waals surface area contributed by atoms with Crippen molar-refractivity contribution in [3.63, 3.8) is 0 Å². The van der Waals surface area contributed by atoms with Crippen molar-refractivity contribution in [3.8, 4) is 0 Å². The van der Waals surface area contributed by atoms with Gasteiger partial charge in [0.1, 0.15) is 12.1 Å². The summed E-state index contributed by atoms with van der Waals surface area (Å²) in [6, 6.07) is 27.5. The molecule has 18 rings (SSSR count). The van der Waals surface area contributed by atoms with Crippen LogP contribution in [0.25, 0.3) is 21.5 Å². The lowest BCUT2D eigenvalue weighted by Crippen LogP contribution is -3.00. The first-order chi connectivity index (χ1) is 65.4. The molecule has 8 aliphatic carbocycles. The first-order valence-corrected chi connectivity index (χ1v) is 50.0. The van der Waals surface area contributed by atoms with Gasteiger partial charge in [0, 0.05) is 92.0 Å². The molecule has 12 aliphatic rings. The van der Waals surface area contributed by atoms with Crippen molar-refractivity contribution in [2.24, 2.45) is 69.0 Å². The fraction of sp³-hybridized carbons (Fsp3) is 0.623. The monoisotopic (exact) mass is 1980 g/mol. The molecule has 6 aromatic rings. The van der Waals surface area contributed by atoms with E-state index in [4.69, 9.17) is 43.0 Å². The molecule has 736 valence electrons. The van der Waals surface area contributed by atoms with E-state index >= 15 is 0 Å². The minimum absolute atomic E-state index is 0. The van der Waals surface area contributed by atoms with Crippen LogP contribution in [0.3, 0.4) is 0 Å². The summed E-state index contributed by atoms with van der Waals surface area (Å²) >= 11 is 0. The number of piperidine rings is 2. The number of hydrogen-bond donors (Lipinski definition) is 6. The summed E-state index contributed by atoms with van der Waals surface area (Å²) in [5, 5.41) is 27.9. The Bertz CT molecular complexity index is 5260. The van der Waals surface area contributed by atoms with Crippen LogP contribution in [0.5, 0.6) is 0 Å². The normalized spacial score (nSPS) is 29.7. The third-order valence-electron chi connectivity index (χ3n) is 34.0. The number of halogens is 1. The molecule has 2 aromatic heterocycles. The van der Waals surface area contributed by atoms with Crippen LogP contribution in [-0.2, 0) is 66.7 Å². The van der Waals surface area contributed by atoms with Gasteiger partial charge in [-0.05, 0) is 287 Å². The third-order valence-corrected chi connectivity index (χ3v) is 34.0. The number of amides is 9. The number of carbonyl (C=O) groups excluding carboxylic acids is 9. The van der Waals surface area contributed by atoms with Crippen molar-refractivity contribution < 1.29 is 115 Å². The molecule has 0 bridgehead atoms. The van der Waals surface area contributed by atoms with Crippen molar-refractivity contribution in [1.82, 2.24) is 40.6 Å². The third kappa shape index (κ3) is 22.2. The Hall–Kier alpha value is -8.83. The van der Waals surface area contributed by atoms with Gasteiger partial charge in [0.2, 0.25) is 29.5 Å². The zero-order valence-corrected chi connectivity index (χ0v) is 82.2. The van der Waals surface area contributed by atoms with Crippen LogP contribution in [0.1, 0.15) is 246 Å². The van der Waals surface area contributed by atoms with Gasteiger partial charge in [-0.1, -0.05) is 64.1 Å². The number of nitrogens with zero attached hydrogens (tertiary/aromatic N) is 5. The molecule has 18 atom stereocenters. The van der Waals surface area contributed by atoms with E-state index in [-0.39, 0.29) is 90.8 Å². The van der Waals surface area contributed by atoms with Gasteiger partial charge in [0.15, 0.2) is 0 Å². The van der Waals surface area contributed by atoms with Gasteiger partial charge in [-0.25, -0.2) is 0 Å². The van der Waals surface area contributed by atoms with Crippen molar-refractivity contribution in [3.05, 3.63) is 143 Å². The second-order valence-corrected chi connectivity index (χ2v) is 40.8. The maximum Gasteiger partial charge on any atom is 0.305 e. The zero-order chi connectivity index (χ0) is 94.5. The number of nitrogens with one attached hydrogen (secondary N) is 5. The second-order valence-electron chi connectivity index (χ2n) is 40.8. The van der Waals surface area contributed by atoms with E-state index in [9.17, 15) is 47.9 Å². The number of imide groups is 4. The molecule has 9 amide bonds. The lowest BCUT2D eigenvalue weighted by atomic mass is 9.44. The number of hydrogen-bond acceptors (Lipinski definition) is 23. The van der Waals surface area contributed by atoms with E-state index < -0.39 is 65.3 Å². The number of aliphatic carboxylic acids is 1. The van der Waals surface area contributed by atoms with Gasteiger partial charge in [0.05, 0.1) is 141 Å². The fourth-order valence-corrected chi connectivity index (χ4v) is 26.9. The highest BCUT2D eigenvalue weighted by molar-refractivity contribution is 6.26. The molecule has 136 heavy (non-hydrogen) atoms. The highest BCUT2D eigenvalue weighted by Crippen LogP contribution is 2.71. The zero-order valence-electron chi connectivity index (χ0n) is 80.1. The summed E-state index contributed by atoms with van der Waals surface area (Å²) in [4.78, 5) is 136. The Kier molecular flexibility index (Phi) is 34.4. The first kappa shape index (κ1) is 102. The van der Waals surface area contributed by atoms with Crippen molar-refractivity contribution >= 4 is 92.1 Å². The largest absolute Gasteiger partial charge is 1.00 e. The molecule has 8 saturated carbocycles. The smallest absolute Gasteiger partial charge is 0.305 e. The highest BCUT2D eigenvalue weighted by atomic mass is 127. The topological polar surface area (TPSA) is 360 Å². The lowest BCUT2D eigenvalue weighted by Gasteiger charge is -2.61. The molecule has 4 aromatic carbocycles. The van der Waals surface area contributed by atoms with E-state index in [1.165, 1.54) is 136 Å². The molecule has 6 N–H and O–H groups in total. The summed E-state index contributed by atoms with van der Waals surface area (Å²) in [5.41, 5.74) is 6.72. The summed E-state index contributed by atoms with van der Waals surface area (Å²) in [6.07, 6.45) is 32.9. The molecular formula is C106H140IN10O19-. The minimum Gasteiger partial charge on any atom is -1.00 e. The van der Waals surface area contributed by atoms with Crippen LogP contribution in [0.15, 0.2) is 110 Å². The van der Waals surface area contributed by atoms with Crippen LogP contribution in [0.2, 0.25) is 0 Å². The van der Waals surface area contributed by atoms with Gasteiger partial charge in [0.25, 0.3) is 23.6 Å². The number of carboxylic acids is 1. The number of carboxylic acid groups (broad SMARTS) is 1. The standard InChI is InChI=1S/C53H69N5O9.C29H40N2.C24H31N3O10.HI/c1-52-19-15-38(32-37(52)9-10-39-42-12-11-41(53(42,2)20-16-43(39)52)35-8-7-34-17-21-54-33-36(34)31-35)57(3)47(60)18-23-64-25-27-66-29-30-67-28-26-65-24-22-55-44-6-4-5-40-48(44)51(63)58(50(40)62)45-13-14-46(59)56-49(45)61;1-28-13-10-23(30-3)17-22(28)6-7-24-26-9-8-25(29(26,2)14-11-27(24)28)20-5-4-19-12-15-31-18-21(19)16-20;28-19-5-4-18(22(31)26-19)27-23(32)16-2-1-3-17(21(16)24(27)33)25-7-9-35-11-13-37-15-14-36-12-10-34-8-6-20(29)30;/h4-8,17,21,31,33,37-39,41-43,45,55H,9-16,18-20,22-30,32H2,1-3H3,(H,56,59,61);4-5,12,15-16,18,22-27,30H,6-11,13-14,17H2,1-3H3;1-3,18,25H,4-15H2,(H,29,30)(H,26,28,31);1H/p-1/t37-,38-,39?,41+,42-,43?,45?,52-,53+;22-,23-,24?,25+,26-,27?,28-,29+;;/m00../s1.